The van der Waals surface area contributed by atoms with Gasteiger partial charge in [-0.3, -0.25) is 4.79 Å². The molecule has 5 nitrogen and oxygen atoms in total. The number of carbonyl (C=O) groups is 1. The fourth-order valence-electron chi connectivity index (χ4n) is 3.29. The Bertz CT molecular complexity index is 723. The molecule has 0 spiro atoms. The number of rotatable bonds is 1. The third-order valence-electron chi connectivity index (χ3n) is 4.54. The summed E-state index contributed by atoms with van der Waals surface area (Å²) in [6.45, 7) is 4.07. The molecule has 2 aromatic rings. The maximum Gasteiger partial charge on any atom is 0.290 e. The number of hydrogen-bond donors (Lipinski definition) is 0. The summed E-state index contributed by atoms with van der Waals surface area (Å²) in [5.74, 6) is 1.91. The summed E-state index contributed by atoms with van der Waals surface area (Å²) >= 11 is 0. The summed E-state index contributed by atoms with van der Waals surface area (Å²) in [6.07, 6.45) is 3.22. The van der Waals surface area contributed by atoms with Crippen LogP contribution in [0.5, 0.6) is 11.5 Å². The van der Waals surface area contributed by atoms with Gasteiger partial charge in [0.2, 0.25) is 0 Å². The highest BCUT2D eigenvalue weighted by Gasteiger charge is 2.31. The summed E-state index contributed by atoms with van der Waals surface area (Å²) < 4.78 is 16.8. The Morgan fingerprint density at radius 1 is 1.22 bits per heavy atom. The highest BCUT2D eigenvalue weighted by atomic mass is 16.5. The summed E-state index contributed by atoms with van der Waals surface area (Å²) in [5.41, 5.74) is 2.35. The topological polar surface area (TPSA) is 51.9 Å². The van der Waals surface area contributed by atoms with Crippen molar-refractivity contribution in [1.29, 1.82) is 0 Å². The second-order valence-corrected chi connectivity index (χ2v) is 5.95. The average Bonchev–Trinajstić information content (AvgIpc) is 3.00. The molecular formula is C18H19NO4. The molecule has 0 N–H and O–H groups in total. The predicted octanol–water partition coefficient (Wildman–Crippen LogP) is 3.20. The number of carbonyl (C=O) groups excluding carboxylic acids is 1. The van der Waals surface area contributed by atoms with Crippen molar-refractivity contribution in [1.82, 2.24) is 4.90 Å². The van der Waals surface area contributed by atoms with Crippen LogP contribution in [-0.2, 0) is 6.42 Å². The van der Waals surface area contributed by atoms with Gasteiger partial charge >= 0.3 is 0 Å². The first-order chi connectivity index (χ1) is 11.2. The van der Waals surface area contributed by atoms with Crippen molar-refractivity contribution in [2.24, 2.45) is 0 Å². The van der Waals surface area contributed by atoms with Crippen molar-refractivity contribution in [2.45, 2.75) is 25.8 Å². The fraction of sp³-hybridized carbons (Fsp3) is 0.389. The van der Waals surface area contributed by atoms with Gasteiger partial charge in [-0.15, -0.1) is 0 Å². The van der Waals surface area contributed by atoms with Gasteiger partial charge in [0.25, 0.3) is 5.91 Å². The van der Waals surface area contributed by atoms with Crippen molar-refractivity contribution in [2.75, 3.05) is 19.8 Å². The van der Waals surface area contributed by atoms with Crippen molar-refractivity contribution in [3.63, 3.8) is 0 Å². The van der Waals surface area contributed by atoms with Crippen LogP contribution in [0, 0.1) is 0 Å². The van der Waals surface area contributed by atoms with E-state index in [9.17, 15) is 4.79 Å². The molecule has 0 saturated carbocycles. The van der Waals surface area contributed by atoms with Crippen molar-refractivity contribution < 1.29 is 18.7 Å². The van der Waals surface area contributed by atoms with E-state index in [0.29, 0.717) is 25.5 Å². The molecule has 5 heteroatoms. The normalized spacial score (nSPS) is 19.9. The van der Waals surface area contributed by atoms with E-state index in [2.05, 4.69) is 6.07 Å². The van der Waals surface area contributed by atoms with Crippen molar-refractivity contribution >= 4 is 5.91 Å². The standard InChI is InChI=1S/C18H19NO4/c1-12-14-11-17-16(22-8-3-9-23-17)10-13(14)5-6-19(12)18(20)15-4-2-7-21-15/h2,4,7,10-12H,3,5-6,8-9H2,1H3/t12-/m0/s1. The van der Waals surface area contributed by atoms with Gasteiger partial charge in [0, 0.05) is 13.0 Å². The quantitative estimate of drug-likeness (QED) is 0.811. The third kappa shape index (κ3) is 2.46. The van der Waals surface area contributed by atoms with Gasteiger partial charge in [0.05, 0.1) is 25.5 Å². The Balaban J connectivity index is 1.67. The van der Waals surface area contributed by atoms with Gasteiger partial charge in [0.15, 0.2) is 17.3 Å². The number of furan rings is 1. The Morgan fingerprint density at radius 2 is 2.00 bits per heavy atom. The molecule has 0 fully saturated rings. The zero-order valence-corrected chi connectivity index (χ0v) is 13.1. The lowest BCUT2D eigenvalue weighted by Crippen LogP contribution is -2.38. The van der Waals surface area contributed by atoms with Crippen LogP contribution in [0.1, 0.15) is 41.1 Å². The third-order valence-corrected chi connectivity index (χ3v) is 4.54. The first-order valence-corrected chi connectivity index (χ1v) is 8.01. The van der Waals surface area contributed by atoms with E-state index >= 15 is 0 Å². The largest absolute Gasteiger partial charge is 0.490 e. The molecule has 0 bridgehead atoms. The molecule has 0 aliphatic carbocycles. The molecule has 120 valence electrons. The lowest BCUT2D eigenvalue weighted by molar-refractivity contribution is 0.0644. The zero-order chi connectivity index (χ0) is 15.8. The Hall–Kier alpha value is -2.43. The molecule has 23 heavy (non-hydrogen) atoms. The predicted molar refractivity (Wildman–Crippen MR) is 83.9 cm³/mol. The summed E-state index contributed by atoms with van der Waals surface area (Å²) in [5, 5.41) is 0. The highest BCUT2D eigenvalue weighted by Crippen LogP contribution is 2.39. The number of amides is 1. The minimum Gasteiger partial charge on any atom is -0.490 e. The molecule has 2 aliphatic rings. The number of fused-ring (bicyclic) bond motifs is 2. The molecule has 1 aromatic carbocycles. The minimum atomic E-state index is -0.0692. The SMILES string of the molecule is C[C@H]1c2cc3c(cc2CCN1C(=O)c1ccco1)OCCCO3. The maximum atomic E-state index is 12.6. The van der Waals surface area contributed by atoms with Gasteiger partial charge in [-0.2, -0.15) is 0 Å². The smallest absolute Gasteiger partial charge is 0.290 e. The molecule has 0 unspecified atom stereocenters. The lowest BCUT2D eigenvalue weighted by Gasteiger charge is -2.35. The lowest BCUT2D eigenvalue weighted by atomic mass is 9.92. The van der Waals surface area contributed by atoms with Crippen LogP contribution >= 0.6 is 0 Å². The molecule has 0 radical (unpaired) electrons. The van der Waals surface area contributed by atoms with Crippen LogP contribution < -0.4 is 9.47 Å². The Kier molecular flexibility index (Phi) is 3.48. The maximum absolute atomic E-state index is 12.6. The van der Waals surface area contributed by atoms with Gasteiger partial charge < -0.3 is 18.8 Å². The van der Waals surface area contributed by atoms with Crippen LogP contribution in [0.15, 0.2) is 34.9 Å². The van der Waals surface area contributed by atoms with E-state index in [4.69, 9.17) is 13.9 Å². The number of hydrogen-bond acceptors (Lipinski definition) is 4. The molecule has 0 saturated heterocycles. The van der Waals surface area contributed by atoms with Crippen molar-refractivity contribution in [3.05, 3.63) is 47.4 Å². The Morgan fingerprint density at radius 3 is 2.74 bits per heavy atom. The first kappa shape index (κ1) is 14.2. The zero-order valence-electron chi connectivity index (χ0n) is 13.1. The summed E-state index contributed by atoms with van der Waals surface area (Å²) in [6, 6.07) is 7.52. The summed E-state index contributed by atoms with van der Waals surface area (Å²) in [7, 11) is 0. The van der Waals surface area contributed by atoms with Gasteiger partial charge in [-0.1, -0.05) is 0 Å². The van der Waals surface area contributed by atoms with Crippen LogP contribution in [0.4, 0.5) is 0 Å². The molecule has 4 rings (SSSR count). The highest BCUT2D eigenvalue weighted by molar-refractivity contribution is 5.92. The molecule has 1 atom stereocenters. The van der Waals surface area contributed by atoms with Crippen LogP contribution in [0.25, 0.3) is 0 Å². The number of benzene rings is 1. The van der Waals surface area contributed by atoms with Crippen LogP contribution in [0.2, 0.25) is 0 Å². The van der Waals surface area contributed by atoms with Crippen LogP contribution in [-0.4, -0.2) is 30.6 Å². The fourth-order valence-corrected chi connectivity index (χ4v) is 3.29. The number of ether oxygens (including phenoxy) is 2. The number of nitrogens with zero attached hydrogens (tertiary/aromatic N) is 1. The van der Waals surface area contributed by atoms with E-state index in [1.54, 1.807) is 12.1 Å². The summed E-state index contributed by atoms with van der Waals surface area (Å²) in [4.78, 5) is 14.5. The van der Waals surface area contributed by atoms with Crippen molar-refractivity contribution in [3.8, 4) is 11.5 Å². The van der Waals surface area contributed by atoms with E-state index < -0.39 is 0 Å². The Labute approximate surface area is 134 Å². The molecule has 3 heterocycles. The van der Waals surface area contributed by atoms with E-state index in [0.717, 1.165) is 29.9 Å². The molecular weight excluding hydrogens is 294 g/mol. The van der Waals surface area contributed by atoms with E-state index in [1.165, 1.54) is 11.8 Å². The molecule has 2 aliphatic heterocycles. The first-order valence-electron chi connectivity index (χ1n) is 8.01. The van der Waals surface area contributed by atoms with E-state index in [-0.39, 0.29) is 11.9 Å². The molecule has 1 aromatic heterocycles. The van der Waals surface area contributed by atoms with Gasteiger partial charge in [0.1, 0.15) is 0 Å². The van der Waals surface area contributed by atoms with Crippen LogP contribution in [0.3, 0.4) is 0 Å². The second kappa shape index (κ2) is 5.65. The van der Waals surface area contributed by atoms with Gasteiger partial charge in [-0.05, 0) is 48.7 Å². The monoisotopic (exact) mass is 313 g/mol. The molecule has 1 amide bonds. The minimum absolute atomic E-state index is 0.0199. The average molecular weight is 313 g/mol. The second-order valence-electron chi connectivity index (χ2n) is 5.95. The van der Waals surface area contributed by atoms with E-state index in [1.807, 2.05) is 17.9 Å². The van der Waals surface area contributed by atoms with Gasteiger partial charge in [-0.25, -0.2) is 0 Å².